The largest absolute Gasteiger partial charge is 0.325 e. The Balaban J connectivity index is 1.53. The molecule has 1 spiro atoms. The maximum absolute atomic E-state index is 12.7. The Morgan fingerprint density at radius 3 is 2.44 bits per heavy atom. The maximum atomic E-state index is 12.7. The van der Waals surface area contributed by atoms with Crippen LogP contribution in [-0.4, -0.2) is 52.6 Å². The molecule has 2 heterocycles. The number of hydrogen-bond donors (Lipinski definition) is 1. The van der Waals surface area contributed by atoms with Crippen molar-refractivity contribution in [3.63, 3.8) is 0 Å². The fourth-order valence-electron chi connectivity index (χ4n) is 4.29. The summed E-state index contributed by atoms with van der Waals surface area (Å²) in [6.07, 6.45) is 1.81. The average molecular weight is 497 g/mol. The van der Waals surface area contributed by atoms with Gasteiger partial charge in [0.05, 0.1) is 11.5 Å². The van der Waals surface area contributed by atoms with Crippen LogP contribution in [0, 0.1) is 0 Å². The topological polar surface area (TPSA) is 57.1 Å². The highest BCUT2D eigenvalue weighted by Gasteiger charge is 2.39. The SMILES string of the molecule is CCN1CCC2(CC1)N=C(SCC(=O)Nc1cccc(Cl)c1)C(c1ccc(C(C)(C)C)cc1)=N2. The number of carbonyl (C=O) groups excluding carboxylic acids is 1. The van der Waals surface area contributed by atoms with Crippen LogP contribution in [0.2, 0.25) is 5.02 Å². The molecule has 0 bridgehead atoms. The third-order valence-corrected chi connectivity index (χ3v) is 7.61. The minimum absolute atomic E-state index is 0.0841. The summed E-state index contributed by atoms with van der Waals surface area (Å²) in [4.78, 5) is 25.4. The number of aliphatic imine (C=N–C) groups is 2. The number of nitrogens with one attached hydrogen (secondary N) is 1. The molecule has 2 aliphatic rings. The second-order valence-corrected chi connectivity index (χ2v) is 11.4. The predicted molar refractivity (Wildman–Crippen MR) is 146 cm³/mol. The molecule has 5 nitrogen and oxygen atoms in total. The molecule has 4 rings (SSSR count). The van der Waals surface area contributed by atoms with Crippen LogP contribution < -0.4 is 5.32 Å². The number of nitrogens with zero attached hydrogens (tertiary/aromatic N) is 3. The third kappa shape index (κ3) is 5.91. The van der Waals surface area contributed by atoms with Crippen LogP contribution in [0.4, 0.5) is 5.69 Å². The van der Waals surface area contributed by atoms with E-state index in [-0.39, 0.29) is 17.1 Å². The summed E-state index contributed by atoms with van der Waals surface area (Å²) >= 11 is 7.51. The molecule has 180 valence electrons. The average Bonchev–Trinajstić information content (AvgIpc) is 3.16. The number of benzene rings is 2. The number of piperidine rings is 1. The first-order valence-electron chi connectivity index (χ1n) is 11.9. The zero-order valence-corrected chi connectivity index (χ0v) is 22.0. The van der Waals surface area contributed by atoms with E-state index in [1.807, 2.05) is 12.1 Å². The van der Waals surface area contributed by atoms with Crippen molar-refractivity contribution in [2.45, 2.75) is 51.6 Å². The van der Waals surface area contributed by atoms with Crippen LogP contribution >= 0.6 is 23.4 Å². The van der Waals surface area contributed by atoms with Crippen molar-refractivity contribution in [1.82, 2.24) is 4.90 Å². The van der Waals surface area contributed by atoms with Crippen molar-refractivity contribution >= 4 is 45.7 Å². The number of amides is 1. The normalized spacial score (nSPS) is 18.0. The maximum Gasteiger partial charge on any atom is 0.234 e. The van der Waals surface area contributed by atoms with Crippen LogP contribution in [0.1, 0.15) is 51.7 Å². The molecule has 1 amide bonds. The molecular formula is C27H33ClN4OS. The van der Waals surface area contributed by atoms with E-state index in [4.69, 9.17) is 21.6 Å². The number of halogens is 1. The lowest BCUT2D eigenvalue weighted by atomic mass is 9.86. The van der Waals surface area contributed by atoms with Gasteiger partial charge in [-0.15, -0.1) is 0 Å². The van der Waals surface area contributed by atoms with Gasteiger partial charge in [0.15, 0.2) is 5.66 Å². The zero-order chi connectivity index (χ0) is 24.3. The van der Waals surface area contributed by atoms with Crippen LogP contribution in [0.15, 0.2) is 58.5 Å². The molecule has 0 aromatic heterocycles. The Kier molecular flexibility index (Phi) is 7.51. The Morgan fingerprint density at radius 1 is 1.12 bits per heavy atom. The Hall–Kier alpha value is -2.15. The van der Waals surface area contributed by atoms with Gasteiger partial charge < -0.3 is 10.2 Å². The summed E-state index contributed by atoms with van der Waals surface area (Å²) in [5, 5.41) is 4.38. The molecule has 2 aromatic carbocycles. The lowest BCUT2D eigenvalue weighted by molar-refractivity contribution is -0.113. The second kappa shape index (κ2) is 10.2. The molecule has 2 aromatic rings. The zero-order valence-electron chi connectivity index (χ0n) is 20.4. The van der Waals surface area contributed by atoms with Crippen molar-refractivity contribution in [2.24, 2.45) is 9.98 Å². The van der Waals surface area contributed by atoms with Crippen LogP contribution in [0.25, 0.3) is 0 Å². The number of rotatable bonds is 5. The van der Waals surface area contributed by atoms with Gasteiger partial charge in [0.1, 0.15) is 5.04 Å². The summed E-state index contributed by atoms with van der Waals surface area (Å²) in [5.41, 5.74) is 3.63. The Morgan fingerprint density at radius 2 is 1.82 bits per heavy atom. The summed E-state index contributed by atoms with van der Waals surface area (Å²) in [7, 11) is 0. The van der Waals surface area contributed by atoms with E-state index in [0.29, 0.717) is 10.7 Å². The van der Waals surface area contributed by atoms with Crippen LogP contribution in [0.5, 0.6) is 0 Å². The van der Waals surface area contributed by atoms with E-state index < -0.39 is 5.66 Å². The number of likely N-dealkylation sites (tertiary alicyclic amines) is 1. The van der Waals surface area contributed by atoms with Gasteiger partial charge in [0.25, 0.3) is 0 Å². The summed E-state index contributed by atoms with van der Waals surface area (Å²) in [6.45, 7) is 11.9. The monoisotopic (exact) mass is 496 g/mol. The molecule has 1 fully saturated rings. The number of anilines is 1. The minimum Gasteiger partial charge on any atom is -0.325 e. The van der Waals surface area contributed by atoms with Crippen molar-refractivity contribution in [3.05, 3.63) is 64.7 Å². The van der Waals surface area contributed by atoms with Crippen molar-refractivity contribution in [3.8, 4) is 0 Å². The van der Waals surface area contributed by atoms with Crippen LogP contribution in [-0.2, 0) is 10.2 Å². The van der Waals surface area contributed by atoms with E-state index in [1.165, 1.54) is 17.3 Å². The fraction of sp³-hybridized carbons (Fsp3) is 0.444. The van der Waals surface area contributed by atoms with Gasteiger partial charge in [0, 0.05) is 42.2 Å². The second-order valence-electron chi connectivity index (χ2n) is 9.97. The van der Waals surface area contributed by atoms with E-state index >= 15 is 0 Å². The fourth-order valence-corrected chi connectivity index (χ4v) is 5.35. The van der Waals surface area contributed by atoms with E-state index in [0.717, 1.165) is 48.8 Å². The summed E-state index contributed by atoms with van der Waals surface area (Å²) in [6, 6.07) is 15.8. The van der Waals surface area contributed by atoms with Crippen molar-refractivity contribution < 1.29 is 4.79 Å². The first-order chi connectivity index (χ1) is 16.2. The molecule has 0 unspecified atom stereocenters. The predicted octanol–water partition coefficient (Wildman–Crippen LogP) is 6.02. The number of carbonyl (C=O) groups is 1. The van der Waals surface area contributed by atoms with Crippen LogP contribution in [0.3, 0.4) is 0 Å². The smallest absolute Gasteiger partial charge is 0.234 e. The van der Waals surface area contributed by atoms with Crippen molar-refractivity contribution in [1.29, 1.82) is 0 Å². The van der Waals surface area contributed by atoms with Crippen molar-refractivity contribution in [2.75, 3.05) is 30.7 Å². The lowest BCUT2D eigenvalue weighted by Gasteiger charge is -2.34. The highest BCUT2D eigenvalue weighted by Crippen LogP contribution is 2.36. The van der Waals surface area contributed by atoms with Gasteiger partial charge in [-0.3, -0.25) is 9.79 Å². The number of hydrogen-bond acceptors (Lipinski definition) is 5. The molecule has 0 radical (unpaired) electrons. The van der Waals surface area contributed by atoms with E-state index in [1.54, 1.807) is 12.1 Å². The van der Waals surface area contributed by atoms with Gasteiger partial charge in [-0.05, 0) is 35.7 Å². The molecule has 1 saturated heterocycles. The summed E-state index contributed by atoms with van der Waals surface area (Å²) in [5.74, 6) is 0.181. The molecule has 2 aliphatic heterocycles. The van der Waals surface area contributed by atoms with Gasteiger partial charge >= 0.3 is 0 Å². The first-order valence-corrected chi connectivity index (χ1v) is 13.3. The molecule has 34 heavy (non-hydrogen) atoms. The highest BCUT2D eigenvalue weighted by molar-refractivity contribution is 8.16. The highest BCUT2D eigenvalue weighted by atomic mass is 35.5. The third-order valence-electron chi connectivity index (χ3n) is 6.41. The lowest BCUT2D eigenvalue weighted by Crippen LogP contribution is -2.41. The van der Waals surface area contributed by atoms with Gasteiger partial charge in [0.2, 0.25) is 5.91 Å². The number of thioether (sulfide) groups is 1. The molecule has 0 atom stereocenters. The molecule has 1 N–H and O–H groups in total. The Bertz CT molecular complexity index is 1100. The molecule has 0 saturated carbocycles. The van der Waals surface area contributed by atoms with E-state index in [2.05, 4.69) is 62.2 Å². The van der Waals surface area contributed by atoms with Gasteiger partial charge in [-0.2, -0.15) is 0 Å². The van der Waals surface area contributed by atoms with Gasteiger partial charge in [-0.25, -0.2) is 4.99 Å². The van der Waals surface area contributed by atoms with Gasteiger partial charge in [-0.1, -0.05) is 81.4 Å². The van der Waals surface area contributed by atoms with E-state index in [9.17, 15) is 4.79 Å². The minimum atomic E-state index is -0.407. The first kappa shape index (κ1) is 25.0. The summed E-state index contributed by atoms with van der Waals surface area (Å²) < 4.78 is 0. The quantitative estimate of drug-likeness (QED) is 0.550. The standard InChI is InChI=1S/C27H33ClN4OS/c1-5-32-15-13-27(14-16-32)30-24(19-9-11-20(12-10-19)26(2,3)4)25(31-27)34-18-23(33)29-22-8-6-7-21(28)17-22/h6-12,17H,5,13-16,18H2,1-4H3,(H,29,33). The molecule has 7 heteroatoms. The Labute approximate surface area is 212 Å². The molecule has 0 aliphatic carbocycles. The molecular weight excluding hydrogens is 464 g/mol.